The van der Waals surface area contributed by atoms with Crippen LogP contribution in [0, 0.1) is 0 Å². The lowest BCUT2D eigenvalue weighted by atomic mass is 10.0. The number of rotatable bonds is 3. The monoisotopic (exact) mass is 330 g/mol. The van der Waals surface area contributed by atoms with Crippen molar-refractivity contribution in [1.29, 1.82) is 0 Å². The van der Waals surface area contributed by atoms with Crippen LogP contribution in [0.1, 0.15) is 19.3 Å². The maximum Gasteiger partial charge on any atom is 0.327 e. The van der Waals surface area contributed by atoms with E-state index in [2.05, 4.69) is 9.88 Å². The summed E-state index contributed by atoms with van der Waals surface area (Å²) in [4.78, 5) is 35.1. The van der Waals surface area contributed by atoms with Crippen LogP contribution in [0.2, 0.25) is 0 Å². The minimum absolute atomic E-state index is 0.00319. The second kappa shape index (κ2) is 6.05. The van der Waals surface area contributed by atoms with Gasteiger partial charge in [0, 0.05) is 45.4 Å². The Kier molecular flexibility index (Phi) is 3.88. The average molecular weight is 330 g/mol. The summed E-state index contributed by atoms with van der Waals surface area (Å²) >= 11 is 0. The predicted octanol–water partition coefficient (Wildman–Crippen LogP) is 1.10. The highest BCUT2D eigenvalue weighted by Gasteiger charge is 2.52. The van der Waals surface area contributed by atoms with Gasteiger partial charge in [-0.15, -0.1) is 0 Å². The molecule has 0 N–H and O–H groups in total. The van der Waals surface area contributed by atoms with Gasteiger partial charge in [0.25, 0.3) is 5.91 Å². The predicted molar refractivity (Wildman–Crippen MR) is 87.6 cm³/mol. The normalized spacial score (nSPS) is 28.0. The number of carbonyl (C=O) groups excluding carboxylic acids is 2. The van der Waals surface area contributed by atoms with E-state index in [1.54, 1.807) is 18.2 Å². The van der Waals surface area contributed by atoms with E-state index in [1.165, 1.54) is 4.90 Å². The minimum atomic E-state index is -0.323. The molecule has 0 unspecified atom stereocenters. The van der Waals surface area contributed by atoms with E-state index in [4.69, 9.17) is 4.74 Å². The number of anilines is 1. The number of urea groups is 1. The fraction of sp³-hybridized carbons (Fsp3) is 0.588. The molecule has 0 spiro atoms. The summed E-state index contributed by atoms with van der Waals surface area (Å²) in [6.07, 6.45) is 3.97. The summed E-state index contributed by atoms with van der Waals surface area (Å²) in [5.74, 6) is 0.911. The van der Waals surface area contributed by atoms with Gasteiger partial charge in [-0.3, -0.25) is 9.69 Å². The topological polar surface area (TPSA) is 66.0 Å². The number of aromatic nitrogens is 1. The van der Waals surface area contributed by atoms with E-state index in [1.807, 2.05) is 18.2 Å². The number of carbonyl (C=O) groups is 2. The molecule has 0 bridgehead atoms. The van der Waals surface area contributed by atoms with Crippen molar-refractivity contribution in [3.8, 4) is 0 Å². The van der Waals surface area contributed by atoms with Crippen molar-refractivity contribution in [2.75, 3.05) is 31.6 Å². The molecule has 3 aliphatic heterocycles. The molecule has 1 aromatic rings. The van der Waals surface area contributed by atoms with Gasteiger partial charge in [0.2, 0.25) is 0 Å². The number of nitrogens with zero attached hydrogens (tertiary/aromatic N) is 4. The van der Waals surface area contributed by atoms with E-state index in [-0.39, 0.29) is 30.1 Å². The van der Waals surface area contributed by atoms with Gasteiger partial charge in [-0.1, -0.05) is 6.07 Å². The first-order valence-corrected chi connectivity index (χ1v) is 8.51. The number of fused-ring (bicyclic) bond motifs is 1. The fourth-order valence-electron chi connectivity index (χ4n) is 4.04. The molecule has 0 aromatic carbocycles. The second-order valence-electron chi connectivity index (χ2n) is 6.66. The van der Waals surface area contributed by atoms with Crippen molar-refractivity contribution >= 4 is 17.8 Å². The minimum Gasteiger partial charge on any atom is -0.380 e. The quantitative estimate of drug-likeness (QED) is 0.777. The smallest absolute Gasteiger partial charge is 0.327 e. The van der Waals surface area contributed by atoms with Crippen LogP contribution < -0.4 is 4.90 Å². The van der Waals surface area contributed by atoms with E-state index < -0.39 is 0 Å². The molecule has 7 nitrogen and oxygen atoms in total. The Bertz CT molecular complexity index is 606. The highest BCUT2D eigenvalue weighted by atomic mass is 16.5. The lowest BCUT2D eigenvalue weighted by Crippen LogP contribution is -2.49. The van der Waals surface area contributed by atoms with Crippen molar-refractivity contribution in [2.45, 2.75) is 37.5 Å². The molecule has 3 aliphatic rings. The zero-order chi connectivity index (χ0) is 16.7. The number of methoxy groups -OCH3 is 1. The number of ether oxygens (including phenoxy) is 1. The molecule has 1 aromatic heterocycles. The summed E-state index contributed by atoms with van der Waals surface area (Å²) in [5, 5.41) is 0. The molecule has 0 saturated carbocycles. The first kappa shape index (κ1) is 15.4. The Morgan fingerprint density at radius 2 is 2.00 bits per heavy atom. The molecule has 4 heterocycles. The van der Waals surface area contributed by atoms with Gasteiger partial charge in [0.15, 0.2) is 0 Å². The standard InChI is InChI=1S/C17H22N4O3/c1-24-13-10-14-16(22)21(17(23)20(14)11-13)12-5-8-19(9-6-12)15-4-2-3-7-18-15/h2-4,7,12-14H,5-6,8-11H2,1H3/t13-,14+/m1/s1. The van der Waals surface area contributed by atoms with Crippen LogP contribution in [0.25, 0.3) is 0 Å². The third kappa shape index (κ3) is 2.43. The van der Waals surface area contributed by atoms with E-state index in [0.29, 0.717) is 13.0 Å². The van der Waals surface area contributed by atoms with Crippen LogP contribution in [0.3, 0.4) is 0 Å². The summed E-state index contributed by atoms with van der Waals surface area (Å²) in [5.41, 5.74) is 0. The molecule has 2 atom stereocenters. The Morgan fingerprint density at radius 3 is 2.62 bits per heavy atom. The van der Waals surface area contributed by atoms with Gasteiger partial charge >= 0.3 is 6.03 Å². The number of pyridine rings is 1. The van der Waals surface area contributed by atoms with Gasteiger partial charge in [-0.05, 0) is 25.0 Å². The number of hydrogen-bond donors (Lipinski definition) is 0. The number of hydrogen-bond acceptors (Lipinski definition) is 5. The van der Waals surface area contributed by atoms with Crippen LogP contribution in [0.5, 0.6) is 0 Å². The van der Waals surface area contributed by atoms with Crippen LogP contribution >= 0.6 is 0 Å². The molecule has 3 saturated heterocycles. The third-order valence-corrected chi connectivity index (χ3v) is 5.37. The largest absolute Gasteiger partial charge is 0.380 e. The van der Waals surface area contributed by atoms with Crippen molar-refractivity contribution in [1.82, 2.24) is 14.8 Å². The molecule has 128 valence electrons. The van der Waals surface area contributed by atoms with Crippen LogP contribution in [0.15, 0.2) is 24.4 Å². The van der Waals surface area contributed by atoms with Crippen LogP contribution in [0.4, 0.5) is 10.6 Å². The SMILES string of the molecule is CO[C@@H]1C[C@H]2C(=O)N(C3CCN(c4ccccn4)CC3)C(=O)N2C1. The lowest BCUT2D eigenvalue weighted by Gasteiger charge is -2.36. The van der Waals surface area contributed by atoms with E-state index in [9.17, 15) is 9.59 Å². The van der Waals surface area contributed by atoms with Gasteiger partial charge < -0.3 is 14.5 Å². The van der Waals surface area contributed by atoms with Crippen molar-refractivity contribution in [3.05, 3.63) is 24.4 Å². The average Bonchev–Trinajstić information content (AvgIpc) is 3.16. The molecule has 0 radical (unpaired) electrons. The summed E-state index contributed by atoms with van der Waals surface area (Å²) < 4.78 is 5.31. The second-order valence-corrected chi connectivity index (χ2v) is 6.66. The lowest BCUT2D eigenvalue weighted by molar-refractivity contribution is -0.130. The van der Waals surface area contributed by atoms with E-state index in [0.717, 1.165) is 31.7 Å². The molecular weight excluding hydrogens is 308 g/mol. The Balaban J connectivity index is 1.42. The summed E-state index contributed by atoms with van der Waals surface area (Å²) in [6, 6.07) is 5.41. The highest BCUT2D eigenvalue weighted by Crippen LogP contribution is 2.32. The van der Waals surface area contributed by atoms with Crippen LogP contribution in [-0.2, 0) is 9.53 Å². The van der Waals surface area contributed by atoms with Gasteiger partial charge in [-0.25, -0.2) is 9.78 Å². The summed E-state index contributed by atoms with van der Waals surface area (Å²) in [7, 11) is 1.63. The molecule has 3 fully saturated rings. The number of imide groups is 1. The maximum atomic E-state index is 12.7. The Labute approximate surface area is 141 Å². The number of piperidine rings is 1. The first-order valence-electron chi connectivity index (χ1n) is 8.51. The zero-order valence-electron chi connectivity index (χ0n) is 13.8. The van der Waals surface area contributed by atoms with Crippen molar-refractivity contribution < 1.29 is 14.3 Å². The molecule has 7 heteroatoms. The molecule has 0 aliphatic carbocycles. The summed E-state index contributed by atoms with van der Waals surface area (Å²) in [6.45, 7) is 2.14. The zero-order valence-corrected chi connectivity index (χ0v) is 13.8. The van der Waals surface area contributed by atoms with Crippen molar-refractivity contribution in [2.24, 2.45) is 0 Å². The number of amides is 3. The Hall–Kier alpha value is -2.15. The maximum absolute atomic E-state index is 12.7. The Morgan fingerprint density at radius 1 is 1.21 bits per heavy atom. The molecule has 3 amide bonds. The molecule has 4 rings (SSSR count). The fourth-order valence-corrected chi connectivity index (χ4v) is 4.04. The van der Waals surface area contributed by atoms with Crippen LogP contribution in [-0.4, -0.2) is 71.7 Å². The molecular formula is C17H22N4O3. The highest BCUT2D eigenvalue weighted by molar-refractivity contribution is 6.05. The van der Waals surface area contributed by atoms with Crippen molar-refractivity contribution in [3.63, 3.8) is 0 Å². The van der Waals surface area contributed by atoms with E-state index >= 15 is 0 Å². The van der Waals surface area contributed by atoms with Gasteiger partial charge in [0.1, 0.15) is 11.9 Å². The van der Waals surface area contributed by atoms with Gasteiger partial charge in [-0.2, -0.15) is 0 Å². The van der Waals surface area contributed by atoms with Gasteiger partial charge in [0.05, 0.1) is 6.10 Å². The third-order valence-electron chi connectivity index (χ3n) is 5.37. The molecule has 24 heavy (non-hydrogen) atoms. The first-order chi connectivity index (χ1) is 11.7.